The molecule has 36 heavy (non-hydrogen) atoms. The van der Waals surface area contributed by atoms with Crippen molar-refractivity contribution in [1.29, 1.82) is 0 Å². The van der Waals surface area contributed by atoms with E-state index in [2.05, 4.69) is 31.0 Å². The first-order chi connectivity index (χ1) is 17.3. The normalized spacial score (nSPS) is 11.6. The molecular formula is C26H18BrF3N4O2. The molecule has 0 aliphatic heterocycles. The zero-order valence-corrected chi connectivity index (χ0v) is 20.4. The third kappa shape index (κ3) is 4.90. The fraction of sp³-hybridized carbons (Fsp3) is 0.115. The van der Waals surface area contributed by atoms with Crippen LogP contribution in [-0.4, -0.2) is 26.9 Å². The number of halogens is 4. The summed E-state index contributed by atoms with van der Waals surface area (Å²) in [5.41, 5.74) is 2.01. The van der Waals surface area contributed by atoms with Crippen LogP contribution in [0.15, 0.2) is 83.7 Å². The lowest BCUT2D eigenvalue weighted by atomic mass is 10.1. The van der Waals surface area contributed by atoms with Crippen LogP contribution in [0.1, 0.15) is 11.1 Å². The Bertz CT molecular complexity index is 1500. The van der Waals surface area contributed by atoms with E-state index in [4.69, 9.17) is 9.47 Å². The van der Waals surface area contributed by atoms with Gasteiger partial charge in [-0.15, -0.1) is 0 Å². The zero-order valence-electron chi connectivity index (χ0n) is 18.8. The lowest BCUT2D eigenvalue weighted by Gasteiger charge is -2.09. The van der Waals surface area contributed by atoms with Crippen LogP contribution in [0.2, 0.25) is 0 Å². The highest BCUT2D eigenvalue weighted by atomic mass is 79.9. The summed E-state index contributed by atoms with van der Waals surface area (Å²) in [7, 11) is 1.62. The molecule has 182 valence electrons. The molecule has 0 aliphatic carbocycles. The molecule has 6 nitrogen and oxygen atoms in total. The van der Waals surface area contributed by atoms with Crippen molar-refractivity contribution in [3.63, 3.8) is 0 Å². The van der Waals surface area contributed by atoms with Crippen LogP contribution in [0.25, 0.3) is 22.3 Å². The smallest absolute Gasteiger partial charge is 0.417 e. The van der Waals surface area contributed by atoms with E-state index in [1.54, 1.807) is 48.3 Å². The number of pyridine rings is 2. The van der Waals surface area contributed by atoms with Crippen LogP contribution < -0.4 is 9.47 Å². The number of nitrogens with zero attached hydrogens (tertiary/aromatic N) is 4. The largest absolute Gasteiger partial charge is 0.497 e. The van der Waals surface area contributed by atoms with Gasteiger partial charge in [0.1, 0.15) is 21.9 Å². The third-order valence-corrected chi connectivity index (χ3v) is 6.07. The Hall–Kier alpha value is -3.92. The Labute approximate surface area is 212 Å². The minimum Gasteiger partial charge on any atom is -0.497 e. The number of ether oxygens (including phenoxy) is 2. The van der Waals surface area contributed by atoms with Gasteiger partial charge in [0.15, 0.2) is 5.65 Å². The molecule has 0 bridgehead atoms. The van der Waals surface area contributed by atoms with Crippen LogP contribution in [0.5, 0.6) is 17.2 Å². The number of fused-ring (bicyclic) bond motifs is 1. The highest BCUT2D eigenvalue weighted by molar-refractivity contribution is 9.10. The average Bonchev–Trinajstić information content (AvgIpc) is 3.20. The van der Waals surface area contributed by atoms with Crippen LogP contribution in [0, 0.1) is 0 Å². The van der Waals surface area contributed by atoms with Gasteiger partial charge in [0.25, 0.3) is 0 Å². The van der Waals surface area contributed by atoms with Gasteiger partial charge in [-0.2, -0.15) is 18.3 Å². The summed E-state index contributed by atoms with van der Waals surface area (Å²) >= 11 is 3.52. The number of hydrogen-bond acceptors (Lipinski definition) is 5. The number of aromatic nitrogens is 4. The van der Waals surface area contributed by atoms with Crippen molar-refractivity contribution >= 4 is 27.0 Å². The van der Waals surface area contributed by atoms with E-state index in [1.165, 1.54) is 6.07 Å². The summed E-state index contributed by atoms with van der Waals surface area (Å²) in [6, 6.07) is 18.8. The lowest BCUT2D eigenvalue weighted by molar-refractivity contribution is -0.137. The van der Waals surface area contributed by atoms with Crippen molar-refractivity contribution in [2.75, 3.05) is 7.11 Å². The van der Waals surface area contributed by atoms with E-state index in [0.717, 1.165) is 29.0 Å². The molecule has 0 amide bonds. The van der Waals surface area contributed by atoms with Gasteiger partial charge in [0.05, 0.1) is 30.3 Å². The molecule has 0 fully saturated rings. The molecule has 0 radical (unpaired) electrons. The Morgan fingerprint density at radius 3 is 2.25 bits per heavy atom. The molecule has 0 spiro atoms. The summed E-state index contributed by atoms with van der Waals surface area (Å²) in [4.78, 5) is 8.42. The van der Waals surface area contributed by atoms with Gasteiger partial charge in [-0.3, -0.25) is 4.98 Å². The van der Waals surface area contributed by atoms with Gasteiger partial charge in [-0.25, -0.2) is 9.67 Å². The van der Waals surface area contributed by atoms with Crippen molar-refractivity contribution in [1.82, 2.24) is 19.7 Å². The van der Waals surface area contributed by atoms with Crippen molar-refractivity contribution in [3.8, 4) is 28.5 Å². The van der Waals surface area contributed by atoms with Gasteiger partial charge in [-0.05, 0) is 70.0 Å². The van der Waals surface area contributed by atoms with E-state index < -0.39 is 11.7 Å². The van der Waals surface area contributed by atoms with E-state index >= 15 is 0 Å². The SMILES string of the molecule is COc1ccc(Cn2nc(Br)c3c(Oc4ccc(-c5ccc(C(F)(F)F)cn5)cc4)ccnc32)cc1. The van der Waals surface area contributed by atoms with Gasteiger partial charge < -0.3 is 9.47 Å². The number of hydrogen-bond donors (Lipinski definition) is 0. The monoisotopic (exact) mass is 554 g/mol. The van der Waals surface area contributed by atoms with Gasteiger partial charge >= 0.3 is 6.18 Å². The van der Waals surface area contributed by atoms with E-state index in [1.807, 2.05) is 24.3 Å². The quantitative estimate of drug-likeness (QED) is 0.223. The maximum atomic E-state index is 12.8. The van der Waals surface area contributed by atoms with Gasteiger partial charge in [0, 0.05) is 24.0 Å². The molecule has 3 heterocycles. The van der Waals surface area contributed by atoms with E-state index in [9.17, 15) is 13.2 Å². The summed E-state index contributed by atoms with van der Waals surface area (Å²) in [6.45, 7) is 0.511. The maximum absolute atomic E-state index is 12.8. The topological polar surface area (TPSA) is 62.1 Å². The molecule has 2 aromatic carbocycles. The lowest BCUT2D eigenvalue weighted by Crippen LogP contribution is -2.05. The average molecular weight is 555 g/mol. The number of alkyl halides is 3. The first kappa shape index (κ1) is 23.8. The molecule has 5 rings (SSSR count). The second-order valence-electron chi connectivity index (χ2n) is 7.86. The zero-order chi connectivity index (χ0) is 25.3. The van der Waals surface area contributed by atoms with E-state index in [-0.39, 0.29) is 0 Å². The second kappa shape index (κ2) is 9.62. The first-order valence-corrected chi connectivity index (χ1v) is 11.6. The Morgan fingerprint density at radius 1 is 0.889 bits per heavy atom. The van der Waals surface area contributed by atoms with Crippen molar-refractivity contribution in [2.24, 2.45) is 0 Å². The minimum absolute atomic E-state index is 0.434. The number of rotatable bonds is 6. The molecule has 0 saturated carbocycles. The van der Waals surface area contributed by atoms with Crippen LogP contribution in [0.4, 0.5) is 13.2 Å². The molecule has 0 aliphatic rings. The summed E-state index contributed by atoms with van der Waals surface area (Å²) in [5.74, 6) is 1.89. The fourth-order valence-electron chi connectivity index (χ4n) is 3.68. The van der Waals surface area contributed by atoms with Crippen molar-refractivity contribution in [3.05, 3.63) is 94.9 Å². The predicted octanol–water partition coefficient (Wildman–Crippen LogP) is 7.12. The second-order valence-corrected chi connectivity index (χ2v) is 8.61. The van der Waals surface area contributed by atoms with Gasteiger partial charge in [0.2, 0.25) is 0 Å². The van der Waals surface area contributed by atoms with E-state index in [0.29, 0.717) is 39.6 Å². The molecule has 3 aromatic heterocycles. The first-order valence-electron chi connectivity index (χ1n) is 10.8. The summed E-state index contributed by atoms with van der Waals surface area (Å²) in [6.07, 6.45) is -1.94. The Balaban J connectivity index is 1.37. The Kier molecular flexibility index (Phi) is 6.36. The standard InChI is InChI=1S/C26H18BrF3N4O2/c1-35-19-7-2-16(3-8-19)15-34-25-23(24(27)33-34)22(12-13-31-25)36-20-9-4-17(5-10-20)21-11-6-18(14-32-21)26(28,29)30/h2-14H,15H2,1H3. The molecular weight excluding hydrogens is 537 g/mol. The fourth-order valence-corrected chi connectivity index (χ4v) is 4.24. The highest BCUT2D eigenvalue weighted by Gasteiger charge is 2.30. The minimum atomic E-state index is -4.42. The Morgan fingerprint density at radius 2 is 1.61 bits per heavy atom. The maximum Gasteiger partial charge on any atom is 0.417 e. The molecule has 0 atom stereocenters. The van der Waals surface area contributed by atoms with Crippen LogP contribution in [-0.2, 0) is 12.7 Å². The third-order valence-electron chi connectivity index (χ3n) is 5.51. The highest BCUT2D eigenvalue weighted by Crippen LogP contribution is 2.35. The molecule has 10 heteroatoms. The predicted molar refractivity (Wildman–Crippen MR) is 132 cm³/mol. The summed E-state index contributed by atoms with van der Waals surface area (Å²) in [5, 5.41) is 5.30. The van der Waals surface area contributed by atoms with Gasteiger partial charge in [-0.1, -0.05) is 12.1 Å². The van der Waals surface area contributed by atoms with Crippen LogP contribution in [0.3, 0.4) is 0 Å². The molecule has 0 unspecified atom stereocenters. The molecule has 0 saturated heterocycles. The number of methoxy groups -OCH3 is 1. The van der Waals surface area contributed by atoms with Crippen molar-refractivity contribution in [2.45, 2.75) is 12.7 Å². The number of benzene rings is 2. The van der Waals surface area contributed by atoms with Crippen LogP contribution >= 0.6 is 15.9 Å². The molecule has 5 aromatic rings. The van der Waals surface area contributed by atoms with Crippen molar-refractivity contribution < 1.29 is 22.6 Å². The molecule has 0 N–H and O–H groups in total. The summed E-state index contributed by atoms with van der Waals surface area (Å²) < 4.78 is 52.1.